The van der Waals surface area contributed by atoms with Crippen molar-refractivity contribution in [2.24, 2.45) is 0 Å². The number of rotatable bonds is 3. The minimum absolute atomic E-state index is 0.0516. The van der Waals surface area contributed by atoms with Crippen molar-refractivity contribution >= 4 is 17.2 Å². The van der Waals surface area contributed by atoms with Gasteiger partial charge in [-0.25, -0.2) is 9.97 Å². The zero-order valence-electron chi connectivity index (χ0n) is 13.8. The molecular weight excluding hydrogens is 336 g/mol. The Morgan fingerprint density at radius 1 is 1.48 bits per heavy atom. The van der Waals surface area contributed by atoms with Crippen LogP contribution in [0, 0.1) is 6.92 Å². The molecule has 0 fully saturated rings. The number of aryl methyl sites for hydroxylation is 1. The molecule has 2 N–H and O–H groups in total. The molecule has 0 saturated heterocycles. The van der Waals surface area contributed by atoms with Crippen molar-refractivity contribution in [3.8, 4) is 5.75 Å². The number of nitrogens with zero attached hydrogens (tertiary/aromatic N) is 3. The van der Waals surface area contributed by atoms with Crippen LogP contribution in [0.1, 0.15) is 33.6 Å². The Bertz CT molecular complexity index is 917. The number of aromatic amines is 1. The molecule has 1 aliphatic heterocycles. The van der Waals surface area contributed by atoms with Gasteiger partial charge in [-0.05, 0) is 24.6 Å². The van der Waals surface area contributed by atoms with Crippen molar-refractivity contribution in [2.75, 3.05) is 6.54 Å². The van der Waals surface area contributed by atoms with Crippen LogP contribution in [0.2, 0.25) is 0 Å². The van der Waals surface area contributed by atoms with E-state index in [0.717, 1.165) is 27.7 Å². The second-order valence-electron chi connectivity index (χ2n) is 6.22. The fourth-order valence-electron chi connectivity index (χ4n) is 3.27. The van der Waals surface area contributed by atoms with Gasteiger partial charge in [0.15, 0.2) is 0 Å². The third kappa shape index (κ3) is 3.15. The number of H-pyrrole nitrogens is 1. The first-order valence-electron chi connectivity index (χ1n) is 8.10. The number of carbonyl (C=O) groups excluding carboxylic acids is 1. The maximum atomic E-state index is 12.8. The molecule has 0 bridgehead atoms. The summed E-state index contributed by atoms with van der Waals surface area (Å²) in [6.45, 7) is 3.00. The summed E-state index contributed by atoms with van der Waals surface area (Å²) in [6.07, 6.45) is 1.97. The van der Waals surface area contributed by atoms with Crippen LogP contribution in [-0.4, -0.2) is 37.4 Å². The van der Waals surface area contributed by atoms with Crippen LogP contribution in [-0.2, 0) is 17.8 Å². The lowest BCUT2D eigenvalue weighted by molar-refractivity contribution is -0.131. The summed E-state index contributed by atoms with van der Waals surface area (Å²) in [5, 5.41) is 12.7. The van der Waals surface area contributed by atoms with Gasteiger partial charge in [0.05, 0.1) is 41.4 Å². The quantitative estimate of drug-likeness (QED) is 0.757. The van der Waals surface area contributed by atoms with Crippen LogP contribution in [0.3, 0.4) is 0 Å². The van der Waals surface area contributed by atoms with E-state index in [9.17, 15) is 9.90 Å². The molecule has 1 unspecified atom stereocenters. The van der Waals surface area contributed by atoms with Gasteiger partial charge < -0.3 is 15.0 Å². The van der Waals surface area contributed by atoms with Gasteiger partial charge in [-0.1, -0.05) is 12.1 Å². The first-order valence-corrected chi connectivity index (χ1v) is 8.98. The molecule has 1 atom stereocenters. The summed E-state index contributed by atoms with van der Waals surface area (Å²) < 4.78 is 0. The van der Waals surface area contributed by atoms with E-state index in [1.54, 1.807) is 29.8 Å². The molecule has 4 rings (SSSR count). The van der Waals surface area contributed by atoms with Crippen molar-refractivity contribution in [3.63, 3.8) is 0 Å². The largest absolute Gasteiger partial charge is 0.508 e. The predicted molar refractivity (Wildman–Crippen MR) is 94.5 cm³/mol. The molecule has 2 aromatic heterocycles. The Kier molecular flexibility index (Phi) is 4.01. The van der Waals surface area contributed by atoms with Gasteiger partial charge in [0.1, 0.15) is 5.75 Å². The number of phenolic OH excluding ortho intramolecular Hbond substituents is 1. The number of hydrogen-bond acceptors (Lipinski definition) is 5. The summed E-state index contributed by atoms with van der Waals surface area (Å²) in [7, 11) is 0. The standard InChI is InChI=1S/C18H18N4O2S/c1-11-21-13(9-25-11)6-17(24)22-7-15(12-3-2-4-14(23)5-12)18-16(8-22)19-10-20-18/h2-5,9-10,15,23H,6-8H2,1H3,(H,19,20). The maximum Gasteiger partial charge on any atom is 0.229 e. The van der Waals surface area contributed by atoms with E-state index in [0.29, 0.717) is 19.5 Å². The zero-order valence-corrected chi connectivity index (χ0v) is 14.6. The molecule has 1 aliphatic rings. The number of carbonyl (C=O) groups is 1. The molecule has 128 valence electrons. The second kappa shape index (κ2) is 6.33. The van der Waals surface area contributed by atoms with Gasteiger partial charge in [0.25, 0.3) is 0 Å². The van der Waals surface area contributed by atoms with E-state index >= 15 is 0 Å². The predicted octanol–water partition coefficient (Wildman–Crippen LogP) is 2.60. The topological polar surface area (TPSA) is 82.1 Å². The molecule has 7 heteroatoms. The van der Waals surface area contributed by atoms with Crippen molar-refractivity contribution < 1.29 is 9.90 Å². The Morgan fingerprint density at radius 2 is 2.36 bits per heavy atom. The number of aromatic hydroxyl groups is 1. The number of imidazole rings is 1. The molecule has 0 spiro atoms. The first kappa shape index (κ1) is 15.8. The number of thiazole rings is 1. The average Bonchev–Trinajstić information content (AvgIpc) is 3.22. The number of fused-ring (bicyclic) bond motifs is 1. The summed E-state index contributed by atoms with van der Waals surface area (Å²) in [5.74, 6) is 0.218. The van der Waals surface area contributed by atoms with Gasteiger partial charge >= 0.3 is 0 Å². The highest BCUT2D eigenvalue weighted by Crippen LogP contribution is 2.33. The fraction of sp³-hybridized carbons (Fsp3) is 0.278. The number of aromatic nitrogens is 3. The van der Waals surface area contributed by atoms with E-state index in [4.69, 9.17) is 0 Å². The summed E-state index contributed by atoms with van der Waals surface area (Å²) in [4.78, 5) is 26.6. The molecule has 0 radical (unpaired) electrons. The highest BCUT2D eigenvalue weighted by Gasteiger charge is 2.31. The lowest BCUT2D eigenvalue weighted by Gasteiger charge is -2.32. The van der Waals surface area contributed by atoms with Gasteiger partial charge in [-0.15, -0.1) is 11.3 Å². The van der Waals surface area contributed by atoms with Crippen LogP contribution in [0.15, 0.2) is 36.0 Å². The molecule has 1 aromatic carbocycles. The number of phenols is 1. The molecular formula is C18H18N4O2S. The van der Waals surface area contributed by atoms with E-state index in [2.05, 4.69) is 15.0 Å². The van der Waals surface area contributed by atoms with Gasteiger partial charge in [-0.2, -0.15) is 0 Å². The van der Waals surface area contributed by atoms with Crippen molar-refractivity contribution in [1.29, 1.82) is 0 Å². The average molecular weight is 354 g/mol. The summed E-state index contributed by atoms with van der Waals surface area (Å²) in [6, 6.07) is 7.16. The molecule has 25 heavy (non-hydrogen) atoms. The molecule has 1 amide bonds. The van der Waals surface area contributed by atoms with E-state index in [1.807, 2.05) is 29.3 Å². The second-order valence-corrected chi connectivity index (χ2v) is 7.29. The van der Waals surface area contributed by atoms with Crippen LogP contribution >= 0.6 is 11.3 Å². The van der Waals surface area contributed by atoms with E-state index in [-0.39, 0.29) is 17.6 Å². The molecule has 6 nitrogen and oxygen atoms in total. The molecule has 3 aromatic rings. The van der Waals surface area contributed by atoms with Crippen LogP contribution in [0.4, 0.5) is 0 Å². The van der Waals surface area contributed by atoms with Gasteiger partial charge in [0.2, 0.25) is 5.91 Å². The monoisotopic (exact) mass is 354 g/mol. The van der Waals surface area contributed by atoms with Gasteiger partial charge in [0, 0.05) is 17.8 Å². The van der Waals surface area contributed by atoms with Crippen molar-refractivity contribution in [3.05, 3.63) is 63.6 Å². The highest BCUT2D eigenvalue weighted by atomic mass is 32.1. The van der Waals surface area contributed by atoms with E-state index < -0.39 is 0 Å². The van der Waals surface area contributed by atoms with Crippen molar-refractivity contribution in [1.82, 2.24) is 19.9 Å². The summed E-state index contributed by atoms with van der Waals surface area (Å²) >= 11 is 1.56. The van der Waals surface area contributed by atoms with Gasteiger partial charge in [-0.3, -0.25) is 4.79 Å². The Hall–Kier alpha value is -2.67. The Morgan fingerprint density at radius 3 is 3.12 bits per heavy atom. The highest BCUT2D eigenvalue weighted by molar-refractivity contribution is 7.09. The maximum absolute atomic E-state index is 12.8. The SMILES string of the molecule is Cc1nc(CC(=O)N2Cc3[nH]cnc3C(c3cccc(O)c3)C2)cs1. The third-order valence-electron chi connectivity index (χ3n) is 4.46. The Labute approximate surface area is 149 Å². The smallest absolute Gasteiger partial charge is 0.229 e. The van der Waals surface area contributed by atoms with E-state index in [1.165, 1.54) is 0 Å². The normalized spacial score (nSPS) is 16.7. The fourth-order valence-corrected chi connectivity index (χ4v) is 3.88. The lowest BCUT2D eigenvalue weighted by atomic mass is 9.90. The Balaban J connectivity index is 1.60. The first-order chi connectivity index (χ1) is 12.1. The minimum atomic E-state index is -0.0526. The van der Waals surface area contributed by atoms with Crippen LogP contribution < -0.4 is 0 Å². The number of hydrogen-bond donors (Lipinski definition) is 2. The molecule has 0 aliphatic carbocycles. The van der Waals surface area contributed by atoms with Crippen LogP contribution in [0.25, 0.3) is 0 Å². The van der Waals surface area contributed by atoms with Crippen molar-refractivity contribution in [2.45, 2.75) is 25.8 Å². The number of benzene rings is 1. The van der Waals surface area contributed by atoms with Crippen LogP contribution in [0.5, 0.6) is 5.75 Å². The molecule has 0 saturated carbocycles. The number of amides is 1. The molecule has 3 heterocycles. The number of nitrogens with one attached hydrogen (secondary N) is 1. The summed E-state index contributed by atoms with van der Waals surface area (Å²) in [5.41, 5.74) is 3.66. The lowest BCUT2D eigenvalue weighted by Crippen LogP contribution is -2.39. The third-order valence-corrected chi connectivity index (χ3v) is 5.28. The minimum Gasteiger partial charge on any atom is -0.508 e. The zero-order chi connectivity index (χ0) is 17.4.